The molecule has 2 aromatic rings. The maximum Gasteiger partial charge on any atom is 0.411 e. The third-order valence-corrected chi connectivity index (χ3v) is 3.58. The molecule has 28 heavy (non-hydrogen) atoms. The van der Waals surface area contributed by atoms with Crippen molar-refractivity contribution in [2.75, 3.05) is 13.7 Å². The van der Waals surface area contributed by atoms with Gasteiger partial charge in [-0.05, 0) is 28.8 Å². The van der Waals surface area contributed by atoms with Crippen LogP contribution in [0.5, 0.6) is 0 Å². The standard InChI is InChI=1S/C19H21F4N3O.HI/c1-24-18(25-10-14-5-7-17(20)8-6-14)26-11-15-3-2-4-16(9-15)12-27-13-19(21,22)23;/h2-9H,10-13H2,1H3,(H2,24,25,26);1H. The number of alkyl halides is 3. The van der Waals surface area contributed by atoms with Crippen molar-refractivity contribution >= 4 is 29.9 Å². The molecule has 0 radical (unpaired) electrons. The van der Waals surface area contributed by atoms with Crippen LogP contribution in [0, 0.1) is 5.82 Å². The molecule has 2 N–H and O–H groups in total. The SMILES string of the molecule is CN=C(NCc1ccc(F)cc1)NCc1cccc(COCC(F)(F)F)c1.I. The first-order chi connectivity index (χ1) is 12.9. The van der Waals surface area contributed by atoms with Crippen LogP contribution in [0.4, 0.5) is 17.6 Å². The Morgan fingerprint density at radius 3 is 2.18 bits per heavy atom. The average Bonchev–Trinajstić information content (AvgIpc) is 2.62. The third kappa shape index (κ3) is 9.36. The molecule has 2 rings (SSSR count). The molecule has 0 heterocycles. The Hall–Kier alpha value is -1.88. The zero-order valence-electron chi connectivity index (χ0n) is 15.2. The van der Waals surface area contributed by atoms with Crippen LogP contribution in [-0.2, 0) is 24.4 Å². The number of hydrogen-bond donors (Lipinski definition) is 2. The smallest absolute Gasteiger partial charge is 0.367 e. The van der Waals surface area contributed by atoms with Gasteiger partial charge in [0.15, 0.2) is 5.96 Å². The van der Waals surface area contributed by atoms with Crippen molar-refractivity contribution < 1.29 is 22.3 Å². The van der Waals surface area contributed by atoms with Gasteiger partial charge in [0.25, 0.3) is 0 Å². The molecular formula is C19H22F4IN3O. The second-order valence-corrected chi connectivity index (χ2v) is 5.83. The highest BCUT2D eigenvalue weighted by Gasteiger charge is 2.27. The summed E-state index contributed by atoms with van der Waals surface area (Å²) in [5.41, 5.74) is 2.45. The lowest BCUT2D eigenvalue weighted by Crippen LogP contribution is -2.36. The fourth-order valence-electron chi connectivity index (χ4n) is 2.31. The highest BCUT2D eigenvalue weighted by atomic mass is 127. The Morgan fingerprint density at radius 2 is 1.57 bits per heavy atom. The molecule has 0 unspecified atom stereocenters. The van der Waals surface area contributed by atoms with Crippen molar-refractivity contribution in [3.8, 4) is 0 Å². The Labute approximate surface area is 178 Å². The summed E-state index contributed by atoms with van der Waals surface area (Å²) in [7, 11) is 1.63. The minimum atomic E-state index is -4.33. The number of guanidine groups is 1. The molecular weight excluding hydrogens is 489 g/mol. The van der Waals surface area contributed by atoms with Crippen molar-refractivity contribution in [3.63, 3.8) is 0 Å². The quantitative estimate of drug-likeness (QED) is 0.251. The highest BCUT2D eigenvalue weighted by Crippen LogP contribution is 2.16. The van der Waals surface area contributed by atoms with Crippen LogP contribution in [0.25, 0.3) is 0 Å². The van der Waals surface area contributed by atoms with Crippen molar-refractivity contribution in [2.24, 2.45) is 4.99 Å². The topological polar surface area (TPSA) is 45.7 Å². The molecule has 154 valence electrons. The fraction of sp³-hybridized carbons (Fsp3) is 0.316. The lowest BCUT2D eigenvalue weighted by atomic mass is 10.1. The number of hydrogen-bond acceptors (Lipinski definition) is 2. The normalized spacial score (nSPS) is 11.7. The number of benzene rings is 2. The van der Waals surface area contributed by atoms with Crippen LogP contribution >= 0.6 is 24.0 Å². The fourth-order valence-corrected chi connectivity index (χ4v) is 2.31. The van der Waals surface area contributed by atoms with Crippen LogP contribution in [0.2, 0.25) is 0 Å². The van der Waals surface area contributed by atoms with Gasteiger partial charge in [0, 0.05) is 20.1 Å². The maximum absolute atomic E-state index is 12.9. The van der Waals surface area contributed by atoms with Crippen LogP contribution in [-0.4, -0.2) is 25.8 Å². The van der Waals surface area contributed by atoms with E-state index in [1.807, 2.05) is 6.07 Å². The van der Waals surface area contributed by atoms with Gasteiger partial charge in [-0.2, -0.15) is 13.2 Å². The van der Waals surface area contributed by atoms with Crippen molar-refractivity contribution in [2.45, 2.75) is 25.9 Å². The van der Waals surface area contributed by atoms with Crippen molar-refractivity contribution in [3.05, 3.63) is 71.0 Å². The number of aliphatic imine (C=N–C) groups is 1. The number of rotatable bonds is 7. The van der Waals surface area contributed by atoms with Gasteiger partial charge in [0.05, 0.1) is 6.61 Å². The van der Waals surface area contributed by atoms with E-state index in [-0.39, 0.29) is 36.4 Å². The summed E-state index contributed by atoms with van der Waals surface area (Å²) >= 11 is 0. The minimum absolute atomic E-state index is 0. The summed E-state index contributed by atoms with van der Waals surface area (Å²) in [4.78, 5) is 4.11. The van der Waals surface area contributed by atoms with E-state index in [1.54, 1.807) is 37.4 Å². The molecule has 0 aliphatic rings. The predicted molar refractivity (Wildman–Crippen MR) is 111 cm³/mol. The summed E-state index contributed by atoms with van der Waals surface area (Å²) in [6.45, 7) is -0.457. The first-order valence-electron chi connectivity index (χ1n) is 8.27. The van der Waals surface area contributed by atoms with E-state index in [1.165, 1.54) is 12.1 Å². The summed E-state index contributed by atoms with van der Waals surface area (Å²) in [5.74, 6) is 0.262. The number of nitrogens with zero attached hydrogens (tertiary/aromatic N) is 1. The largest absolute Gasteiger partial charge is 0.411 e. The Bertz CT molecular complexity index is 752. The van der Waals surface area contributed by atoms with E-state index in [2.05, 4.69) is 20.4 Å². The van der Waals surface area contributed by atoms with Gasteiger partial charge >= 0.3 is 6.18 Å². The van der Waals surface area contributed by atoms with E-state index in [0.29, 0.717) is 24.6 Å². The van der Waals surface area contributed by atoms with Gasteiger partial charge in [-0.15, -0.1) is 24.0 Å². The molecule has 0 fully saturated rings. The van der Waals surface area contributed by atoms with Gasteiger partial charge in [-0.25, -0.2) is 4.39 Å². The molecule has 0 atom stereocenters. The van der Waals surface area contributed by atoms with Crippen LogP contribution in [0.1, 0.15) is 16.7 Å². The van der Waals surface area contributed by atoms with Gasteiger partial charge in [0.1, 0.15) is 12.4 Å². The molecule has 0 aliphatic heterocycles. The van der Waals surface area contributed by atoms with Crippen LogP contribution in [0.15, 0.2) is 53.5 Å². The Kier molecular flexibility index (Phi) is 10.2. The van der Waals surface area contributed by atoms with E-state index in [0.717, 1.165) is 11.1 Å². The summed E-state index contributed by atoms with van der Waals surface area (Å²) in [5, 5.41) is 6.23. The van der Waals surface area contributed by atoms with E-state index in [9.17, 15) is 17.6 Å². The summed E-state index contributed by atoms with van der Waals surface area (Å²) in [6.07, 6.45) is -4.33. The maximum atomic E-state index is 12.9. The van der Waals surface area contributed by atoms with Gasteiger partial charge in [-0.3, -0.25) is 4.99 Å². The number of halogens is 5. The molecule has 0 spiro atoms. The molecule has 9 heteroatoms. The van der Waals surface area contributed by atoms with E-state index in [4.69, 9.17) is 0 Å². The molecule has 0 amide bonds. The minimum Gasteiger partial charge on any atom is -0.367 e. The number of nitrogens with one attached hydrogen (secondary N) is 2. The first-order valence-corrected chi connectivity index (χ1v) is 8.27. The Morgan fingerprint density at radius 1 is 0.964 bits per heavy atom. The lowest BCUT2D eigenvalue weighted by molar-refractivity contribution is -0.176. The molecule has 0 saturated carbocycles. The monoisotopic (exact) mass is 511 g/mol. The van der Waals surface area contributed by atoms with E-state index < -0.39 is 12.8 Å². The predicted octanol–water partition coefficient (Wildman–Crippen LogP) is 4.39. The molecule has 4 nitrogen and oxygen atoms in total. The molecule has 0 aliphatic carbocycles. The molecule has 0 aromatic heterocycles. The summed E-state index contributed by atoms with van der Waals surface area (Å²) < 4.78 is 54.0. The van der Waals surface area contributed by atoms with E-state index >= 15 is 0 Å². The van der Waals surface area contributed by atoms with Gasteiger partial charge < -0.3 is 15.4 Å². The average molecular weight is 511 g/mol. The van der Waals surface area contributed by atoms with Crippen LogP contribution < -0.4 is 10.6 Å². The first kappa shape index (κ1) is 24.2. The zero-order valence-corrected chi connectivity index (χ0v) is 17.6. The van der Waals surface area contributed by atoms with Gasteiger partial charge in [-0.1, -0.05) is 36.4 Å². The second-order valence-electron chi connectivity index (χ2n) is 5.83. The Balaban J connectivity index is 0.00000392. The summed E-state index contributed by atoms with van der Waals surface area (Å²) in [6, 6.07) is 13.2. The second kappa shape index (κ2) is 11.8. The lowest BCUT2D eigenvalue weighted by Gasteiger charge is -2.13. The van der Waals surface area contributed by atoms with Crippen molar-refractivity contribution in [1.29, 1.82) is 0 Å². The van der Waals surface area contributed by atoms with Crippen LogP contribution in [0.3, 0.4) is 0 Å². The third-order valence-electron chi connectivity index (χ3n) is 3.58. The number of ether oxygens (including phenoxy) is 1. The highest BCUT2D eigenvalue weighted by molar-refractivity contribution is 14.0. The molecule has 0 bridgehead atoms. The van der Waals surface area contributed by atoms with Gasteiger partial charge in [0.2, 0.25) is 0 Å². The van der Waals surface area contributed by atoms with Crippen molar-refractivity contribution in [1.82, 2.24) is 10.6 Å². The molecule has 2 aromatic carbocycles. The zero-order chi connectivity index (χ0) is 19.7. The molecule has 0 saturated heterocycles.